The molecular weight excluding hydrogens is 276 g/mol. The second-order valence-electron chi connectivity index (χ2n) is 6.12. The molecule has 1 fully saturated rings. The number of aromatic nitrogens is 1. The highest BCUT2D eigenvalue weighted by Crippen LogP contribution is 2.19. The van der Waals surface area contributed by atoms with E-state index in [0.717, 1.165) is 24.7 Å². The van der Waals surface area contributed by atoms with Gasteiger partial charge in [-0.15, -0.1) is 0 Å². The molecule has 5 heteroatoms. The quantitative estimate of drug-likeness (QED) is 0.873. The molecule has 22 heavy (non-hydrogen) atoms. The van der Waals surface area contributed by atoms with Gasteiger partial charge in [-0.3, -0.25) is 4.79 Å². The molecule has 1 unspecified atom stereocenters. The van der Waals surface area contributed by atoms with Crippen molar-refractivity contribution in [2.24, 2.45) is 5.92 Å². The molecule has 0 bridgehead atoms. The zero-order chi connectivity index (χ0) is 15.9. The zero-order valence-corrected chi connectivity index (χ0v) is 14.0. The lowest BCUT2D eigenvalue weighted by Crippen LogP contribution is -2.40. The van der Waals surface area contributed by atoms with Crippen molar-refractivity contribution in [2.45, 2.75) is 26.2 Å². The summed E-state index contributed by atoms with van der Waals surface area (Å²) < 4.78 is 0. The van der Waals surface area contributed by atoms with Gasteiger partial charge in [0, 0.05) is 33.7 Å². The fraction of sp³-hybridized carbons (Fsp3) is 0.647. The molecule has 122 valence electrons. The van der Waals surface area contributed by atoms with Gasteiger partial charge in [0.2, 0.25) is 0 Å². The van der Waals surface area contributed by atoms with Gasteiger partial charge >= 0.3 is 0 Å². The number of pyridine rings is 1. The van der Waals surface area contributed by atoms with Gasteiger partial charge in [0.1, 0.15) is 5.69 Å². The Bertz CT molecular complexity index is 474. The van der Waals surface area contributed by atoms with E-state index in [4.69, 9.17) is 0 Å². The van der Waals surface area contributed by atoms with Crippen molar-refractivity contribution in [3.05, 3.63) is 24.0 Å². The number of hydrogen-bond donors (Lipinski definition) is 1. The van der Waals surface area contributed by atoms with Gasteiger partial charge in [0.25, 0.3) is 5.91 Å². The first-order valence-electron chi connectivity index (χ1n) is 8.25. The van der Waals surface area contributed by atoms with E-state index in [1.165, 1.54) is 32.4 Å². The Kier molecular flexibility index (Phi) is 6.19. The van der Waals surface area contributed by atoms with Gasteiger partial charge in [-0.2, -0.15) is 0 Å². The molecule has 1 aliphatic heterocycles. The van der Waals surface area contributed by atoms with Crippen LogP contribution in [0.1, 0.15) is 36.7 Å². The number of likely N-dealkylation sites (N-methyl/N-ethyl adjacent to an activating group) is 1. The Morgan fingerprint density at radius 3 is 2.95 bits per heavy atom. The third kappa shape index (κ3) is 4.44. The first-order valence-corrected chi connectivity index (χ1v) is 8.25. The maximum absolute atomic E-state index is 11.5. The second kappa shape index (κ2) is 8.13. The topological polar surface area (TPSA) is 48.5 Å². The standard InChI is InChI=1S/C17H28N4O/c1-4-14-6-5-9-21(13-14)11-10-20(3)15-7-8-16(19-12-15)17(22)18-2/h7-8,12,14H,4-6,9-11,13H2,1-3H3,(H,18,22). The number of piperidine rings is 1. The number of hydrogen-bond acceptors (Lipinski definition) is 4. The monoisotopic (exact) mass is 304 g/mol. The first kappa shape index (κ1) is 16.7. The lowest BCUT2D eigenvalue weighted by Gasteiger charge is -2.33. The largest absolute Gasteiger partial charge is 0.372 e. The van der Waals surface area contributed by atoms with E-state index < -0.39 is 0 Å². The molecule has 2 rings (SSSR count). The summed E-state index contributed by atoms with van der Waals surface area (Å²) in [6.07, 6.45) is 5.77. The lowest BCUT2D eigenvalue weighted by atomic mass is 9.96. The average Bonchev–Trinajstić information content (AvgIpc) is 2.59. The number of likely N-dealkylation sites (tertiary alicyclic amines) is 1. The summed E-state index contributed by atoms with van der Waals surface area (Å²) in [5, 5.41) is 2.59. The van der Waals surface area contributed by atoms with Crippen LogP contribution >= 0.6 is 0 Å². The van der Waals surface area contributed by atoms with Crippen molar-refractivity contribution < 1.29 is 4.79 Å². The minimum atomic E-state index is -0.145. The van der Waals surface area contributed by atoms with Crippen molar-refractivity contribution in [2.75, 3.05) is 45.2 Å². The molecule has 1 aromatic heterocycles. The predicted octanol–water partition coefficient (Wildman–Crippen LogP) is 2.00. The summed E-state index contributed by atoms with van der Waals surface area (Å²) in [5.74, 6) is 0.723. The van der Waals surface area contributed by atoms with Gasteiger partial charge in [-0.1, -0.05) is 13.3 Å². The number of carbonyl (C=O) groups excluding carboxylic acids is 1. The van der Waals surface area contributed by atoms with Crippen molar-refractivity contribution in [1.29, 1.82) is 0 Å². The number of rotatable bonds is 6. The molecule has 0 spiro atoms. The molecule has 5 nitrogen and oxygen atoms in total. The van der Waals surface area contributed by atoms with Crippen molar-refractivity contribution in [1.82, 2.24) is 15.2 Å². The summed E-state index contributed by atoms with van der Waals surface area (Å²) in [6.45, 7) is 6.82. The molecule has 0 radical (unpaired) electrons. The van der Waals surface area contributed by atoms with Gasteiger partial charge in [-0.25, -0.2) is 4.98 Å². The van der Waals surface area contributed by atoms with E-state index in [9.17, 15) is 4.79 Å². The number of carbonyl (C=O) groups is 1. The van der Waals surface area contributed by atoms with Gasteiger partial charge in [0.05, 0.1) is 11.9 Å². The molecule has 1 aromatic rings. The minimum absolute atomic E-state index is 0.145. The number of anilines is 1. The van der Waals surface area contributed by atoms with E-state index in [1.807, 2.05) is 6.07 Å². The molecule has 1 saturated heterocycles. The van der Waals surface area contributed by atoms with Crippen molar-refractivity contribution >= 4 is 11.6 Å². The fourth-order valence-electron chi connectivity index (χ4n) is 2.98. The van der Waals surface area contributed by atoms with E-state index in [-0.39, 0.29) is 5.91 Å². The molecule has 1 amide bonds. The predicted molar refractivity (Wildman–Crippen MR) is 90.4 cm³/mol. The molecule has 1 atom stereocenters. The summed E-state index contributed by atoms with van der Waals surface area (Å²) in [6, 6.07) is 3.74. The second-order valence-corrected chi connectivity index (χ2v) is 6.12. The van der Waals surface area contributed by atoms with E-state index in [1.54, 1.807) is 19.3 Å². The maximum Gasteiger partial charge on any atom is 0.269 e. The zero-order valence-electron chi connectivity index (χ0n) is 14.0. The minimum Gasteiger partial charge on any atom is -0.372 e. The summed E-state index contributed by atoms with van der Waals surface area (Å²) >= 11 is 0. The Labute approximate surface area is 133 Å². The third-order valence-corrected chi connectivity index (χ3v) is 4.58. The molecule has 0 aliphatic carbocycles. The summed E-state index contributed by atoms with van der Waals surface area (Å²) in [7, 11) is 3.70. The SMILES string of the molecule is CCC1CCCN(CCN(C)c2ccc(C(=O)NC)nc2)C1. The number of nitrogens with zero attached hydrogens (tertiary/aromatic N) is 3. The first-order chi connectivity index (χ1) is 10.6. The summed E-state index contributed by atoms with van der Waals surface area (Å²) in [4.78, 5) is 20.5. The maximum atomic E-state index is 11.5. The van der Waals surface area contributed by atoms with Crippen LogP contribution in [0.15, 0.2) is 18.3 Å². The molecule has 1 N–H and O–H groups in total. The van der Waals surface area contributed by atoms with Crippen LogP contribution in [0.3, 0.4) is 0 Å². The van der Waals surface area contributed by atoms with Crippen LogP contribution in [-0.2, 0) is 0 Å². The Hall–Kier alpha value is -1.62. The van der Waals surface area contributed by atoms with Gasteiger partial charge in [-0.05, 0) is 37.4 Å². The number of amides is 1. The fourth-order valence-corrected chi connectivity index (χ4v) is 2.98. The smallest absolute Gasteiger partial charge is 0.269 e. The van der Waals surface area contributed by atoms with Crippen LogP contribution in [-0.4, -0.2) is 56.1 Å². The average molecular weight is 304 g/mol. The van der Waals surface area contributed by atoms with E-state index in [0.29, 0.717) is 5.69 Å². The Balaban J connectivity index is 1.84. The van der Waals surface area contributed by atoms with Crippen LogP contribution in [0.4, 0.5) is 5.69 Å². The number of nitrogens with one attached hydrogen (secondary N) is 1. The normalized spacial score (nSPS) is 19.0. The molecule has 0 aromatic carbocycles. The van der Waals surface area contributed by atoms with Crippen molar-refractivity contribution in [3.63, 3.8) is 0 Å². The van der Waals surface area contributed by atoms with Gasteiger partial charge in [0.15, 0.2) is 0 Å². The van der Waals surface area contributed by atoms with Crippen LogP contribution < -0.4 is 10.2 Å². The van der Waals surface area contributed by atoms with Crippen LogP contribution in [0.2, 0.25) is 0 Å². The highest BCUT2D eigenvalue weighted by Gasteiger charge is 2.18. The van der Waals surface area contributed by atoms with Crippen LogP contribution in [0, 0.1) is 5.92 Å². The molecular formula is C17H28N4O. The van der Waals surface area contributed by atoms with Gasteiger partial charge < -0.3 is 15.1 Å². The van der Waals surface area contributed by atoms with E-state index >= 15 is 0 Å². The molecule has 0 saturated carbocycles. The lowest BCUT2D eigenvalue weighted by molar-refractivity contribution is 0.0958. The Morgan fingerprint density at radius 2 is 2.32 bits per heavy atom. The Morgan fingerprint density at radius 1 is 1.50 bits per heavy atom. The van der Waals surface area contributed by atoms with Crippen molar-refractivity contribution in [3.8, 4) is 0 Å². The highest BCUT2D eigenvalue weighted by atomic mass is 16.1. The van der Waals surface area contributed by atoms with E-state index in [2.05, 4.69) is 34.1 Å². The highest BCUT2D eigenvalue weighted by molar-refractivity contribution is 5.92. The summed E-state index contributed by atoms with van der Waals surface area (Å²) in [5.41, 5.74) is 1.51. The van der Waals surface area contributed by atoms with Crippen LogP contribution in [0.25, 0.3) is 0 Å². The third-order valence-electron chi connectivity index (χ3n) is 4.58. The van der Waals surface area contributed by atoms with Crippen LogP contribution in [0.5, 0.6) is 0 Å². The molecule has 1 aliphatic rings. The molecule has 2 heterocycles.